The first-order valence-electron chi connectivity index (χ1n) is 6.03. The quantitative estimate of drug-likeness (QED) is 0.803. The van der Waals surface area contributed by atoms with E-state index in [0.29, 0.717) is 5.82 Å². The van der Waals surface area contributed by atoms with Gasteiger partial charge in [-0.05, 0) is 25.0 Å². The Morgan fingerprint density at radius 3 is 2.94 bits per heavy atom. The molecule has 4 heteroatoms. The van der Waals surface area contributed by atoms with Crippen molar-refractivity contribution >= 4 is 0 Å². The van der Waals surface area contributed by atoms with Gasteiger partial charge in [0.15, 0.2) is 5.82 Å². The van der Waals surface area contributed by atoms with Crippen molar-refractivity contribution in [2.45, 2.75) is 32.6 Å². The van der Waals surface area contributed by atoms with Crippen LogP contribution in [-0.4, -0.2) is 14.8 Å². The lowest BCUT2D eigenvalue weighted by Crippen LogP contribution is -2.14. The van der Waals surface area contributed by atoms with E-state index >= 15 is 0 Å². The molecule has 0 fully saturated rings. The molecule has 0 saturated heterocycles. The molecule has 17 heavy (non-hydrogen) atoms. The SMILES string of the molecule is CCCCCc1cc(=O)n(-c2ccccn2)[nH]1. The van der Waals surface area contributed by atoms with E-state index in [9.17, 15) is 4.79 Å². The third kappa shape index (κ3) is 2.84. The van der Waals surface area contributed by atoms with Crippen molar-refractivity contribution in [2.75, 3.05) is 0 Å². The van der Waals surface area contributed by atoms with E-state index in [-0.39, 0.29) is 5.56 Å². The van der Waals surface area contributed by atoms with Crippen LogP contribution in [0.25, 0.3) is 5.82 Å². The lowest BCUT2D eigenvalue weighted by atomic mass is 10.2. The van der Waals surface area contributed by atoms with E-state index in [0.717, 1.165) is 18.5 Å². The maximum absolute atomic E-state index is 11.8. The third-order valence-corrected chi connectivity index (χ3v) is 2.70. The molecular formula is C13H17N3O. The molecule has 2 aromatic heterocycles. The van der Waals surface area contributed by atoms with Crippen LogP contribution in [0.4, 0.5) is 0 Å². The fraction of sp³-hybridized carbons (Fsp3) is 0.385. The summed E-state index contributed by atoms with van der Waals surface area (Å²) >= 11 is 0. The number of unbranched alkanes of at least 4 members (excludes halogenated alkanes) is 2. The number of aryl methyl sites for hydroxylation is 1. The second-order valence-electron chi connectivity index (χ2n) is 4.10. The Labute approximate surface area is 100 Å². The predicted molar refractivity (Wildman–Crippen MR) is 67.4 cm³/mol. The van der Waals surface area contributed by atoms with Crippen LogP contribution in [-0.2, 0) is 6.42 Å². The van der Waals surface area contributed by atoms with Crippen molar-refractivity contribution in [3.8, 4) is 5.82 Å². The minimum atomic E-state index is -0.0461. The smallest absolute Gasteiger partial charge is 0.272 e. The fourth-order valence-electron chi connectivity index (χ4n) is 1.79. The van der Waals surface area contributed by atoms with Crippen LogP contribution in [0.5, 0.6) is 0 Å². The van der Waals surface area contributed by atoms with Crippen LogP contribution >= 0.6 is 0 Å². The summed E-state index contributed by atoms with van der Waals surface area (Å²) in [5, 5.41) is 3.10. The standard InChI is InChI=1S/C13H17N3O/c1-2-3-4-7-11-10-13(17)16(15-11)12-8-5-6-9-14-12/h5-6,8-10,15H,2-4,7H2,1H3. The lowest BCUT2D eigenvalue weighted by Gasteiger charge is -2.00. The zero-order valence-electron chi connectivity index (χ0n) is 10.0. The third-order valence-electron chi connectivity index (χ3n) is 2.70. The molecular weight excluding hydrogens is 214 g/mol. The van der Waals surface area contributed by atoms with E-state index < -0.39 is 0 Å². The summed E-state index contributed by atoms with van der Waals surface area (Å²) in [6, 6.07) is 7.17. The van der Waals surface area contributed by atoms with Gasteiger partial charge in [0, 0.05) is 18.0 Å². The molecule has 1 N–H and O–H groups in total. The van der Waals surface area contributed by atoms with Crippen LogP contribution in [0, 0.1) is 0 Å². The molecule has 2 rings (SSSR count). The van der Waals surface area contributed by atoms with E-state index in [1.165, 1.54) is 17.5 Å². The van der Waals surface area contributed by atoms with Crippen LogP contribution in [0.3, 0.4) is 0 Å². The summed E-state index contributed by atoms with van der Waals surface area (Å²) in [4.78, 5) is 15.9. The molecule has 0 atom stereocenters. The van der Waals surface area contributed by atoms with Gasteiger partial charge in [-0.15, -0.1) is 0 Å². The van der Waals surface area contributed by atoms with Gasteiger partial charge in [0.2, 0.25) is 0 Å². The molecule has 0 aromatic carbocycles. The fourth-order valence-corrected chi connectivity index (χ4v) is 1.79. The van der Waals surface area contributed by atoms with E-state index in [4.69, 9.17) is 0 Å². The maximum atomic E-state index is 11.8. The molecule has 0 amide bonds. The lowest BCUT2D eigenvalue weighted by molar-refractivity contribution is 0.694. The first kappa shape index (κ1) is 11.6. The first-order chi connectivity index (χ1) is 8.31. The molecule has 0 radical (unpaired) electrons. The number of hydrogen-bond acceptors (Lipinski definition) is 2. The minimum absolute atomic E-state index is 0.0461. The van der Waals surface area contributed by atoms with E-state index in [1.54, 1.807) is 12.3 Å². The van der Waals surface area contributed by atoms with Crippen LogP contribution in [0.1, 0.15) is 31.9 Å². The number of pyridine rings is 1. The number of rotatable bonds is 5. The Balaban J connectivity index is 2.17. The van der Waals surface area contributed by atoms with Gasteiger partial charge < -0.3 is 0 Å². The minimum Gasteiger partial charge on any atom is -0.294 e. The van der Waals surface area contributed by atoms with Crippen molar-refractivity contribution in [1.82, 2.24) is 14.8 Å². The van der Waals surface area contributed by atoms with Gasteiger partial charge in [0.05, 0.1) is 0 Å². The van der Waals surface area contributed by atoms with Crippen molar-refractivity contribution in [2.24, 2.45) is 0 Å². The molecule has 0 aliphatic carbocycles. The molecule has 0 bridgehead atoms. The average molecular weight is 231 g/mol. The van der Waals surface area contributed by atoms with Gasteiger partial charge in [-0.1, -0.05) is 25.8 Å². The Morgan fingerprint density at radius 1 is 1.35 bits per heavy atom. The maximum Gasteiger partial charge on any atom is 0.272 e. The summed E-state index contributed by atoms with van der Waals surface area (Å²) in [5.41, 5.74) is 0.935. The van der Waals surface area contributed by atoms with Gasteiger partial charge in [-0.25, -0.2) is 9.67 Å². The monoisotopic (exact) mass is 231 g/mol. The summed E-state index contributed by atoms with van der Waals surface area (Å²) in [5.74, 6) is 0.638. The number of nitrogens with one attached hydrogen (secondary N) is 1. The summed E-state index contributed by atoms with van der Waals surface area (Å²) in [6.45, 7) is 2.17. The van der Waals surface area contributed by atoms with E-state index in [2.05, 4.69) is 17.0 Å². The highest BCUT2D eigenvalue weighted by Crippen LogP contribution is 2.04. The van der Waals surface area contributed by atoms with Gasteiger partial charge in [0.25, 0.3) is 5.56 Å². The van der Waals surface area contributed by atoms with Gasteiger partial charge in [-0.3, -0.25) is 9.89 Å². The number of aromatic amines is 1. The average Bonchev–Trinajstić information content (AvgIpc) is 2.72. The predicted octanol–water partition coefficient (Wildman–Crippen LogP) is 2.29. The molecule has 0 unspecified atom stereocenters. The van der Waals surface area contributed by atoms with Gasteiger partial charge >= 0.3 is 0 Å². The van der Waals surface area contributed by atoms with Crippen molar-refractivity contribution < 1.29 is 0 Å². The molecule has 0 aliphatic rings. The Kier molecular flexibility index (Phi) is 3.75. The highest BCUT2D eigenvalue weighted by molar-refractivity contribution is 5.21. The Bertz CT molecular complexity index is 513. The highest BCUT2D eigenvalue weighted by atomic mass is 16.1. The highest BCUT2D eigenvalue weighted by Gasteiger charge is 2.04. The number of nitrogens with zero attached hydrogens (tertiary/aromatic N) is 2. The zero-order valence-corrected chi connectivity index (χ0v) is 10.0. The van der Waals surface area contributed by atoms with Crippen LogP contribution in [0.2, 0.25) is 0 Å². The normalized spacial score (nSPS) is 10.6. The van der Waals surface area contributed by atoms with Crippen LogP contribution in [0.15, 0.2) is 35.3 Å². The Hall–Kier alpha value is -1.84. The second-order valence-corrected chi connectivity index (χ2v) is 4.10. The largest absolute Gasteiger partial charge is 0.294 e. The summed E-state index contributed by atoms with van der Waals surface area (Å²) in [6.07, 6.45) is 6.09. The molecule has 2 aromatic rings. The number of hydrogen-bond donors (Lipinski definition) is 1. The Morgan fingerprint density at radius 2 is 2.24 bits per heavy atom. The molecule has 4 nitrogen and oxygen atoms in total. The van der Waals surface area contributed by atoms with Gasteiger partial charge in [0.1, 0.15) is 0 Å². The second kappa shape index (κ2) is 5.48. The molecule has 2 heterocycles. The van der Waals surface area contributed by atoms with E-state index in [1.807, 2.05) is 18.2 Å². The number of aromatic nitrogens is 3. The summed E-state index contributed by atoms with van der Waals surface area (Å²) in [7, 11) is 0. The van der Waals surface area contributed by atoms with Crippen molar-refractivity contribution in [1.29, 1.82) is 0 Å². The first-order valence-corrected chi connectivity index (χ1v) is 6.03. The van der Waals surface area contributed by atoms with Gasteiger partial charge in [-0.2, -0.15) is 0 Å². The topological polar surface area (TPSA) is 50.7 Å². The van der Waals surface area contributed by atoms with Crippen LogP contribution < -0.4 is 5.56 Å². The summed E-state index contributed by atoms with van der Waals surface area (Å²) < 4.78 is 1.49. The molecule has 90 valence electrons. The zero-order chi connectivity index (χ0) is 12.1. The molecule has 0 saturated carbocycles. The van der Waals surface area contributed by atoms with Crippen molar-refractivity contribution in [3.63, 3.8) is 0 Å². The molecule has 0 spiro atoms. The molecule has 0 aliphatic heterocycles. The number of H-pyrrole nitrogens is 1. The van der Waals surface area contributed by atoms with Crippen molar-refractivity contribution in [3.05, 3.63) is 46.5 Å².